The third-order valence-corrected chi connectivity index (χ3v) is 21.5. The lowest BCUT2D eigenvalue weighted by Gasteiger charge is -2.31. The number of hydrogen-bond donors (Lipinski definition) is 5. The van der Waals surface area contributed by atoms with E-state index >= 15 is 0 Å². The smallest absolute Gasteiger partial charge is 0.180 e. The van der Waals surface area contributed by atoms with E-state index in [0.717, 1.165) is 173 Å². The standard InChI is InChI=1S/C18H20FNOS.C14H19NO2.C14H19NO.C13H16ClNO.2C13H16FNO.4ClH/c19-18-16(8-11-22-18)12-17(21)15-6-9-20(10-7-15)13-14-4-2-1-3-5-14;1-17-14-5-3-2-4-12(14)13(16)10-11-6-8-15-9-7-11;1-11-4-2-3-5-13(11)10-14(16)12-6-8-15-9-7-12;14-12-4-2-1-3-11(12)13(16)9-10-5-7-15-8-6-10;14-12-4-2-1-3-11(12)9-13(16)10-5-7-15-8-6-10;14-12-4-2-1-3-11(12)13(16)9-10-5-7-15-8-6-10;;;;/h1-5,8,11,15H,6-7,9-10,12-13H2;2-5,11,15H,6-10H2,1H3;2-5,12,15H,6-10H2,1H3;3*1-4,10,15H,5-9H2;4*1H. The van der Waals surface area contributed by atoms with E-state index in [0.29, 0.717) is 82.2 Å². The average Bonchev–Trinajstić information content (AvgIpc) is 1.79. The van der Waals surface area contributed by atoms with Gasteiger partial charge in [-0.15, -0.1) is 61.0 Å². The van der Waals surface area contributed by atoms with Crippen LogP contribution in [0.5, 0.6) is 5.75 Å². The van der Waals surface area contributed by atoms with Gasteiger partial charge in [-0.05, 0) is 256 Å². The number of ether oxygens (including phenoxy) is 1. The molecule has 6 fully saturated rings. The number of para-hydroxylation sites is 1. The van der Waals surface area contributed by atoms with Gasteiger partial charge in [-0.25, -0.2) is 8.78 Å². The Morgan fingerprint density at radius 1 is 0.421 bits per heavy atom. The van der Waals surface area contributed by atoms with Crippen molar-refractivity contribution in [3.8, 4) is 5.75 Å². The molecule has 0 amide bonds. The van der Waals surface area contributed by atoms with Gasteiger partial charge in [-0.3, -0.25) is 33.7 Å². The molecular formula is C85H110Cl5F3N6O7S. The number of methoxy groups -OCH3 is 1. The van der Waals surface area contributed by atoms with Crippen LogP contribution in [-0.4, -0.2) is 125 Å². The Morgan fingerprint density at radius 3 is 1.25 bits per heavy atom. The molecular weight excluding hydrogens is 1480 g/mol. The van der Waals surface area contributed by atoms with Gasteiger partial charge in [-0.2, -0.15) is 4.39 Å². The molecule has 5 N–H and O–H groups in total. The number of benzene rings is 6. The van der Waals surface area contributed by atoms with E-state index in [1.807, 2.05) is 60.7 Å². The summed E-state index contributed by atoms with van der Waals surface area (Å²) in [5.74, 6) is 3.04. The predicted molar refractivity (Wildman–Crippen MR) is 437 cm³/mol. The Hall–Kier alpha value is -6.16. The third-order valence-electron chi connectivity index (χ3n) is 20.4. The Bertz CT molecular complexity index is 3600. The van der Waals surface area contributed by atoms with Gasteiger partial charge < -0.3 is 31.3 Å². The number of Topliss-reactive ketones (excluding diaryl/α,β-unsaturated/α-hetero) is 6. The van der Waals surface area contributed by atoms with E-state index in [1.165, 1.54) is 28.8 Å². The quantitative estimate of drug-likeness (QED) is 0.0430. The van der Waals surface area contributed by atoms with Crippen LogP contribution in [0.3, 0.4) is 0 Å². The monoisotopic (exact) mass is 1590 g/mol. The minimum atomic E-state index is -0.401. The number of likely N-dealkylation sites (tertiary alicyclic amines) is 1. The predicted octanol–water partition coefficient (Wildman–Crippen LogP) is 17.2. The fraction of sp³-hybridized carbons (Fsp3) is 0.459. The molecule has 0 bridgehead atoms. The normalized spacial score (nSPS) is 16.5. The molecule has 7 aromatic rings. The number of rotatable bonds is 21. The number of piperidine rings is 6. The van der Waals surface area contributed by atoms with Gasteiger partial charge in [0.2, 0.25) is 0 Å². The summed E-state index contributed by atoms with van der Waals surface area (Å²) in [5.41, 5.74) is 6.42. The van der Waals surface area contributed by atoms with Crippen molar-refractivity contribution >= 4 is 107 Å². The minimum Gasteiger partial charge on any atom is -0.496 e. The summed E-state index contributed by atoms with van der Waals surface area (Å²) >= 11 is 7.07. The maximum Gasteiger partial charge on any atom is 0.180 e. The molecule has 6 aliphatic heterocycles. The number of hydrogen-bond acceptors (Lipinski definition) is 14. The first-order chi connectivity index (χ1) is 50.1. The van der Waals surface area contributed by atoms with Crippen molar-refractivity contribution < 1.29 is 46.7 Å². The topological polar surface area (TPSA) is 175 Å². The van der Waals surface area contributed by atoms with Crippen LogP contribution >= 0.6 is 72.6 Å². The second-order valence-electron chi connectivity index (χ2n) is 27.9. The number of aryl methyl sites for hydroxylation is 1. The van der Waals surface area contributed by atoms with Crippen molar-refractivity contribution in [2.24, 2.45) is 35.5 Å². The summed E-state index contributed by atoms with van der Waals surface area (Å²) in [6, 6.07) is 47.8. The summed E-state index contributed by atoms with van der Waals surface area (Å²) in [4.78, 5) is 74.8. The van der Waals surface area contributed by atoms with Crippen molar-refractivity contribution in [1.82, 2.24) is 31.5 Å². The van der Waals surface area contributed by atoms with Crippen LogP contribution in [0.2, 0.25) is 5.02 Å². The Kier molecular flexibility index (Phi) is 45.4. The zero-order valence-electron chi connectivity index (χ0n) is 61.8. The molecule has 22 heteroatoms. The highest BCUT2D eigenvalue weighted by Crippen LogP contribution is 2.28. The number of carbonyl (C=O) groups excluding carboxylic acids is 6. The Balaban J connectivity index is 0.000000271. The van der Waals surface area contributed by atoms with Crippen LogP contribution < -0.4 is 31.3 Å². The molecule has 107 heavy (non-hydrogen) atoms. The summed E-state index contributed by atoms with van der Waals surface area (Å²) in [6.07, 6.45) is 14.8. The highest BCUT2D eigenvalue weighted by atomic mass is 35.5. The molecule has 7 heterocycles. The Morgan fingerprint density at radius 2 is 0.794 bits per heavy atom. The van der Waals surface area contributed by atoms with Gasteiger partial charge in [0.1, 0.15) is 34.7 Å². The van der Waals surface area contributed by atoms with E-state index in [4.69, 9.17) is 16.3 Å². The molecule has 13 nitrogen and oxygen atoms in total. The zero-order chi connectivity index (χ0) is 73.0. The van der Waals surface area contributed by atoms with Crippen LogP contribution in [0.25, 0.3) is 0 Å². The van der Waals surface area contributed by atoms with Crippen molar-refractivity contribution in [3.05, 3.63) is 229 Å². The zero-order valence-corrected chi connectivity index (χ0v) is 66.7. The first kappa shape index (κ1) is 93.2. The van der Waals surface area contributed by atoms with Gasteiger partial charge in [0.15, 0.2) is 22.5 Å². The van der Waals surface area contributed by atoms with Crippen molar-refractivity contribution in [2.75, 3.05) is 85.6 Å². The van der Waals surface area contributed by atoms with Crippen molar-refractivity contribution in [3.63, 3.8) is 0 Å². The molecule has 0 aliphatic carbocycles. The van der Waals surface area contributed by atoms with Crippen molar-refractivity contribution in [2.45, 2.75) is 129 Å². The molecule has 0 atom stereocenters. The first-order valence-corrected chi connectivity index (χ1v) is 38.5. The lowest BCUT2D eigenvalue weighted by atomic mass is 9.89. The fourth-order valence-corrected chi connectivity index (χ4v) is 14.9. The number of nitrogens with zero attached hydrogens (tertiary/aromatic N) is 1. The highest BCUT2D eigenvalue weighted by molar-refractivity contribution is 7.08. The number of carbonyl (C=O) groups is 6. The second kappa shape index (κ2) is 52.1. The summed E-state index contributed by atoms with van der Waals surface area (Å²) in [5, 5.41) is 18.4. The maximum absolute atomic E-state index is 13.4. The maximum atomic E-state index is 13.4. The molecule has 6 aromatic carbocycles. The van der Waals surface area contributed by atoms with Crippen LogP contribution in [0.4, 0.5) is 13.2 Å². The van der Waals surface area contributed by atoms with E-state index in [9.17, 15) is 41.9 Å². The molecule has 0 saturated carbocycles. The molecule has 13 rings (SSSR count). The molecule has 0 unspecified atom stereocenters. The SMILES string of the molecule is COc1ccccc1C(=O)CC1CCNCC1.Cc1ccccc1CC(=O)C1CCNCC1.Cl.Cl.Cl.Cl.O=C(CC1CCNCC1)c1ccccc1Cl.O=C(CC1CCNCC1)c1ccccc1F.O=C(Cc1ccccc1F)C1CCNCC1.O=C(Cc1ccsc1F)C1CCN(Cc2ccccc2)CC1. The largest absolute Gasteiger partial charge is 0.496 e. The lowest BCUT2D eigenvalue weighted by Crippen LogP contribution is -2.36. The molecule has 0 spiro atoms. The highest BCUT2D eigenvalue weighted by Gasteiger charge is 2.28. The minimum absolute atomic E-state index is 0. The average molecular weight is 1590 g/mol. The molecule has 6 saturated heterocycles. The summed E-state index contributed by atoms with van der Waals surface area (Å²) in [7, 11) is 1.61. The number of ketones is 6. The third kappa shape index (κ3) is 32.7. The van der Waals surface area contributed by atoms with Gasteiger partial charge >= 0.3 is 0 Å². The van der Waals surface area contributed by atoms with Crippen LogP contribution in [-0.2, 0) is 40.2 Å². The molecule has 584 valence electrons. The van der Waals surface area contributed by atoms with Gasteiger partial charge in [0.05, 0.1) is 23.3 Å². The van der Waals surface area contributed by atoms with Gasteiger partial charge in [0.25, 0.3) is 0 Å². The van der Waals surface area contributed by atoms with Gasteiger partial charge in [0, 0.05) is 74.0 Å². The molecule has 0 radical (unpaired) electrons. The fourth-order valence-electron chi connectivity index (χ4n) is 14.1. The number of halogens is 8. The van der Waals surface area contributed by atoms with E-state index in [-0.39, 0.29) is 126 Å². The summed E-state index contributed by atoms with van der Waals surface area (Å²) < 4.78 is 45.4. The second-order valence-corrected chi connectivity index (χ2v) is 29.1. The van der Waals surface area contributed by atoms with Crippen LogP contribution in [0.1, 0.15) is 155 Å². The van der Waals surface area contributed by atoms with Crippen LogP contribution in [0, 0.1) is 59.2 Å². The number of thiophene rings is 1. The van der Waals surface area contributed by atoms with Crippen molar-refractivity contribution in [1.29, 1.82) is 0 Å². The molecule has 1 aromatic heterocycles. The Labute approximate surface area is 666 Å². The van der Waals surface area contributed by atoms with Crippen LogP contribution in [0.15, 0.2) is 163 Å². The van der Waals surface area contributed by atoms with E-state index in [1.54, 1.807) is 61.0 Å². The molecule has 6 aliphatic rings. The number of nitrogens with one attached hydrogen (secondary N) is 5. The lowest BCUT2D eigenvalue weighted by molar-refractivity contribution is -0.124. The van der Waals surface area contributed by atoms with E-state index < -0.39 is 5.82 Å². The van der Waals surface area contributed by atoms with Gasteiger partial charge in [-0.1, -0.05) is 121 Å². The first-order valence-electron chi connectivity index (χ1n) is 37.2. The van der Waals surface area contributed by atoms with E-state index in [2.05, 4.69) is 74.8 Å². The summed E-state index contributed by atoms with van der Waals surface area (Å²) in [6.45, 7) is 14.7.